The molecule has 1 saturated heterocycles. The molecule has 2 unspecified atom stereocenters. The highest BCUT2D eigenvalue weighted by molar-refractivity contribution is 4.78. The van der Waals surface area contributed by atoms with Crippen molar-refractivity contribution in [3.05, 3.63) is 0 Å². The molecule has 2 heteroatoms. The molecule has 1 rings (SSSR count). The highest BCUT2D eigenvalue weighted by atomic mass is 16.5. The van der Waals surface area contributed by atoms with Gasteiger partial charge in [0.15, 0.2) is 0 Å². The van der Waals surface area contributed by atoms with Gasteiger partial charge in [-0.2, -0.15) is 0 Å². The molecule has 1 N–H and O–H groups in total. The molecule has 2 nitrogen and oxygen atoms in total. The van der Waals surface area contributed by atoms with Crippen molar-refractivity contribution in [3.8, 4) is 0 Å². The molecule has 0 saturated carbocycles. The number of rotatable bonds is 5. The van der Waals surface area contributed by atoms with E-state index in [-0.39, 0.29) is 0 Å². The lowest BCUT2D eigenvalue weighted by molar-refractivity contribution is 0.127. The van der Waals surface area contributed by atoms with Crippen LogP contribution in [0.2, 0.25) is 0 Å². The normalized spacial score (nSPS) is 25.3. The minimum atomic E-state index is 0.787. The molecule has 1 fully saturated rings. The van der Waals surface area contributed by atoms with E-state index in [1.165, 1.54) is 32.4 Å². The van der Waals surface area contributed by atoms with Gasteiger partial charge in [0.05, 0.1) is 0 Å². The first-order chi connectivity index (χ1) is 6.75. The second kappa shape index (κ2) is 6.41. The Morgan fingerprint density at radius 2 is 2.21 bits per heavy atom. The first-order valence-corrected chi connectivity index (χ1v) is 5.95. The van der Waals surface area contributed by atoms with Crippen molar-refractivity contribution in [1.29, 1.82) is 0 Å². The molecule has 0 spiro atoms. The summed E-state index contributed by atoms with van der Waals surface area (Å²) in [5.74, 6) is 2.50. The van der Waals surface area contributed by atoms with Crippen LogP contribution in [0, 0.1) is 17.8 Å². The lowest BCUT2D eigenvalue weighted by Crippen LogP contribution is -2.36. The maximum Gasteiger partial charge on any atom is 0.0465 e. The SMILES string of the molecule is COCCC(C(C)C)C1CCCNC1. The van der Waals surface area contributed by atoms with Crippen molar-refractivity contribution < 1.29 is 4.74 Å². The number of hydrogen-bond acceptors (Lipinski definition) is 2. The summed E-state index contributed by atoms with van der Waals surface area (Å²) < 4.78 is 5.19. The second-order valence-corrected chi connectivity index (χ2v) is 4.80. The van der Waals surface area contributed by atoms with Crippen LogP contribution in [0.25, 0.3) is 0 Å². The van der Waals surface area contributed by atoms with Crippen LogP contribution in [0.15, 0.2) is 0 Å². The van der Waals surface area contributed by atoms with Crippen molar-refractivity contribution in [2.24, 2.45) is 17.8 Å². The number of piperidine rings is 1. The van der Waals surface area contributed by atoms with Crippen molar-refractivity contribution >= 4 is 0 Å². The lowest BCUT2D eigenvalue weighted by atomic mass is 9.77. The Labute approximate surface area is 88.4 Å². The summed E-state index contributed by atoms with van der Waals surface area (Å²) in [5.41, 5.74) is 0. The van der Waals surface area contributed by atoms with Gasteiger partial charge in [-0.1, -0.05) is 13.8 Å². The minimum absolute atomic E-state index is 0.787. The zero-order chi connectivity index (χ0) is 10.4. The third-order valence-corrected chi connectivity index (χ3v) is 3.45. The van der Waals surface area contributed by atoms with Crippen LogP contribution in [0.1, 0.15) is 33.1 Å². The fraction of sp³-hybridized carbons (Fsp3) is 1.00. The lowest BCUT2D eigenvalue weighted by Gasteiger charge is -2.33. The van der Waals surface area contributed by atoms with Gasteiger partial charge < -0.3 is 10.1 Å². The predicted octanol–water partition coefficient (Wildman–Crippen LogP) is 2.29. The van der Waals surface area contributed by atoms with Crippen molar-refractivity contribution in [1.82, 2.24) is 5.32 Å². The molecule has 0 aliphatic carbocycles. The number of hydrogen-bond donors (Lipinski definition) is 1. The quantitative estimate of drug-likeness (QED) is 0.733. The van der Waals surface area contributed by atoms with E-state index in [0.29, 0.717) is 0 Å². The van der Waals surface area contributed by atoms with Crippen LogP contribution in [0.4, 0.5) is 0 Å². The highest BCUT2D eigenvalue weighted by Crippen LogP contribution is 2.29. The summed E-state index contributed by atoms with van der Waals surface area (Å²) in [7, 11) is 1.80. The van der Waals surface area contributed by atoms with Gasteiger partial charge in [0.1, 0.15) is 0 Å². The van der Waals surface area contributed by atoms with Crippen LogP contribution in [-0.4, -0.2) is 26.8 Å². The Hall–Kier alpha value is -0.0800. The maximum atomic E-state index is 5.19. The number of methoxy groups -OCH3 is 1. The Bertz CT molecular complexity index is 141. The maximum absolute atomic E-state index is 5.19. The van der Waals surface area contributed by atoms with Crippen molar-refractivity contribution in [3.63, 3.8) is 0 Å². The van der Waals surface area contributed by atoms with E-state index in [9.17, 15) is 0 Å². The van der Waals surface area contributed by atoms with E-state index in [1.54, 1.807) is 7.11 Å². The average Bonchev–Trinajstić information content (AvgIpc) is 2.19. The summed E-state index contributed by atoms with van der Waals surface area (Å²) >= 11 is 0. The zero-order valence-corrected chi connectivity index (χ0v) is 9.88. The Balaban J connectivity index is 2.39. The molecule has 1 aliphatic rings. The molecule has 14 heavy (non-hydrogen) atoms. The van der Waals surface area contributed by atoms with Crippen LogP contribution in [-0.2, 0) is 4.74 Å². The van der Waals surface area contributed by atoms with E-state index in [1.807, 2.05) is 0 Å². The molecule has 0 aromatic heterocycles. The van der Waals surface area contributed by atoms with Gasteiger partial charge in [0, 0.05) is 13.7 Å². The van der Waals surface area contributed by atoms with E-state index in [0.717, 1.165) is 24.4 Å². The molecule has 1 heterocycles. The zero-order valence-electron chi connectivity index (χ0n) is 9.88. The molecule has 2 atom stereocenters. The van der Waals surface area contributed by atoms with Gasteiger partial charge in [-0.05, 0) is 50.1 Å². The van der Waals surface area contributed by atoms with E-state index < -0.39 is 0 Å². The van der Waals surface area contributed by atoms with E-state index in [2.05, 4.69) is 19.2 Å². The molecular weight excluding hydrogens is 174 g/mol. The Morgan fingerprint density at radius 3 is 2.71 bits per heavy atom. The Morgan fingerprint density at radius 1 is 1.43 bits per heavy atom. The van der Waals surface area contributed by atoms with Gasteiger partial charge in [-0.15, -0.1) is 0 Å². The molecular formula is C12H25NO. The molecule has 0 amide bonds. The summed E-state index contributed by atoms with van der Waals surface area (Å²) in [6, 6.07) is 0. The van der Waals surface area contributed by atoms with Gasteiger partial charge in [-0.3, -0.25) is 0 Å². The minimum Gasteiger partial charge on any atom is -0.385 e. The van der Waals surface area contributed by atoms with Gasteiger partial charge in [0.2, 0.25) is 0 Å². The summed E-state index contributed by atoms with van der Waals surface area (Å²) in [4.78, 5) is 0. The molecule has 0 aromatic carbocycles. The fourth-order valence-electron chi connectivity index (χ4n) is 2.61. The molecule has 0 radical (unpaired) electrons. The third kappa shape index (κ3) is 3.58. The first-order valence-electron chi connectivity index (χ1n) is 5.95. The molecule has 0 aromatic rings. The van der Waals surface area contributed by atoms with Crippen molar-refractivity contribution in [2.45, 2.75) is 33.1 Å². The van der Waals surface area contributed by atoms with E-state index in [4.69, 9.17) is 4.74 Å². The second-order valence-electron chi connectivity index (χ2n) is 4.80. The van der Waals surface area contributed by atoms with Gasteiger partial charge in [0.25, 0.3) is 0 Å². The smallest absolute Gasteiger partial charge is 0.0465 e. The van der Waals surface area contributed by atoms with Crippen LogP contribution < -0.4 is 5.32 Å². The first kappa shape index (κ1) is 12.0. The predicted molar refractivity (Wildman–Crippen MR) is 60.4 cm³/mol. The van der Waals surface area contributed by atoms with Gasteiger partial charge >= 0.3 is 0 Å². The van der Waals surface area contributed by atoms with Crippen LogP contribution in [0.5, 0.6) is 0 Å². The van der Waals surface area contributed by atoms with Crippen LogP contribution >= 0.6 is 0 Å². The van der Waals surface area contributed by atoms with Crippen LogP contribution in [0.3, 0.4) is 0 Å². The van der Waals surface area contributed by atoms with Gasteiger partial charge in [-0.25, -0.2) is 0 Å². The monoisotopic (exact) mass is 199 g/mol. The third-order valence-electron chi connectivity index (χ3n) is 3.45. The largest absolute Gasteiger partial charge is 0.385 e. The Kier molecular flexibility index (Phi) is 5.49. The number of ether oxygens (including phenoxy) is 1. The average molecular weight is 199 g/mol. The standard InChI is InChI=1S/C12H25NO/c1-10(2)12(6-8-14-3)11-5-4-7-13-9-11/h10-13H,4-9H2,1-3H3. The summed E-state index contributed by atoms with van der Waals surface area (Å²) in [6.45, 7) is 8.03. The fourth-order valence-corrected chi connectivity index (χ4v) is 2.61. The molecule has 0 bridgehead atoms. The topological polar surface area (TPSA) is 21.3 Å². The highest BCUT2D eigenvalue weighted by Gasteiger charge is 2.25. The van der Waals surface area contributed by atoms with E-state index >= 15 is 0 Å². The summed E-state index contributed by atoms with van der Waals surface area (Å²) in [5, 5.41) is 3.51. The molecule has 84 valence electrons. The number of nitrogens with one attached hydrogen (secondary N) is 1. The van der Waals surface area contributed by atoms with Crippen molar-refractivity contribution in [2.75, 3.05) is 26.8 Å². The summed E-state index contributed by atoms with van der Waals surface area (Å²) in [6.07, 6.45) is 3.97. The molecule has 1 aliphatic heterocycles.